The van der Waals surface area contributed by atoms with Crippen molar-refractivity contribution in [1.29, 1.82) is 0 Å². The summed E-state index contributed by atoms with van der Waals surface area (Å²) in [6, 6.07) is 18.3. The molecule has 3 aromatic rings. The molecule has 104 valence electrons. The second-order valence-electron chi connectivity index (χ2n) is 4.76. The van der Waals surface area contributed by atoms with E-state index < -0.39 is 5.97 Å². The maximum absolute atomic E-state index is 11.0. The smallest absolute Gasteiger partial charge is 0.335 e. The summed E-state index contributed by atoms with van der Waals surface area (Å²) in [4.78, 5) is 11.0. The Kier molecular flexibility index (Phi) is 3.20. The van der Waals surface area contributed by atoms with Gasteiger partial charge in [-0.3, -0.25) is 0 Å². The maximum atomic E-state index is 11.0. The van der Waals surface area contributed by atoms with Gasteiger partial charge >= 0.3 is 5.97 Å². The standard InChI is InChI=1S/C17H14N2O2/c18-15-8-9-16(14-7-2-1-6-13(14)15)19-12-5-3-4-11(10-12)17(20)21/h1-10,19H,18H2,(H,20,21). The van der Waals surface area contributed by atoms with Crippen LogP contribution in [0.5, 0.6) is 0 Å². The first-order valence-corrected chi connectivity index (χ1v) is 6.53. The van der Waals surface area contributed by atoms with Crippen LogP contribution in [0, 0.1) is 0 Å². The van der Waals surface area contributed by atoms with Gasteiger partial charge in [-0.15, -0.1) is 0 Å². The van der Waals surface area contributed by atoms with Gasteiger partial charge in [0.15, 0.2) is 0 Å². The summed E-state index contributed by atoms with van der Waals surface area (Å²) in [6.07, 6.45) is 0. The number of nitrogen functional groups attached to an aromatic ring is 1. The number of nitrogens with one attached hydrogen (secondary N) is 1. The normalized spacial score (nSPS) is 10.5. The van der Waals surface area contributed by atoms with Gasteiger partial charge in [0.05, 0.1) is 5.56 Å². The molecule has 0 unspecified atom stereocenters. The number of benzene rings is 3. The molecule has 0 atom stereocenters. The highest BCUT2D eigenvalue weighted by Gasteiger charge is 2.06. The van der Waals surface area contributed by atoms with Gasteiger partial charge in [-0.25, -0.2) is 4.79 Å². The number of aromatic carboxylic acids is 1. The van der Waals surface area contributed by atoms with Gasteiger partial charge in [0, 0.05) is 27.8 Å². The van der Waals surface area contributed by atoms with Gasteiger partial charge in [0.1, 0.15) is 0 Å². The number of carboxylic acid groups (broad SMARTS) is 1. The molecule has 0 aromatic heterocycles. The van der Waals surface area contributed by atoms with Crippen LogP contribution in [-0.4, -0.2) is 11.1 Å². The van der Waals surface area contributed by atoms with Gasteiger partial charge in [-0.05, 0) is 30.3 Å². The lowest BCUT2D eigenvalue weighted by molar-refractivity contribution is 0.0697. The van der Waals surface area contributed by atoms with Crippen LogP contribution in [0.2, 0.25) is 0 Å². The Labute approximate surface area is 121 Å². The lowest BCUT2D eigenvalue weighted by Crippen LogP contribution is -1.98. The molecule has 0 fully saturated rings. The molecule has 0 amide bonds. The van der Waals surface area contributed by atoms with Crippen LogP contribution in [0.1, 0.15) is 10.4 Å². The minimum Gasteiger partial charge on any atom is -0.478 e. The molecule has 0 heterocycles. The predicted octanol–water partition coefficient (Wildman–Crippen LogP) is 3.86. The molecular formula is C17H14N2O2. The summed E-state index contributed by atoms with van der Waals surface area (Å²) < 4.78 is 0. The highest BCUT2D eigenvalue weighted by Crippen LogP contribution is 2.30. The van der Waals surface area contributed by atoms with E-state index in [0.717, 1.165) is 27.8 Å². The summed E-state index contributed by atoms with van der Waals surface area (Å²) in [5, 5.41) is 14.3. The Morgan fingerprint density at radius 1 is 0.952 bits per heavy atom. The molecule has 3 rings (SSSR count). The van der Waals surface area contributed by atoms with Crippen molar-refractivity contribution < 1.29 is 9.90 Å². The summed E-state index contributed by atoms with van der Waals surface area (Å²) in [5.74, 6) is -0.944. The first kappa shape index (κ1) is 13.0. The molecule has 0 radical (unpaired) electrons. The number of anilines is 3. The van der Waals surface area contributed by atoms with Crippen LogP contribution in [0.3, 0.4) is 0 Å². The molecule has 0 aliphatic rings. The lowest BCUT2D eigenvalue weighted by atomic mass is 10.1. The van der Waals surface area contributed by atoms with E-state index in [2.05, 4.69) is 5.32 Å². The number of hydrogen-bond acceptors (Lipinski definition) is 3. The fraction of sp³-hybridized carbons (Fsp3) is 0. The molecule has 0 saturated carbocycles. The van der Waals surface area contributed by atoms with E-state index in [0.29, 0.717) is 0 Å². The highest BCUT2D eigenvalue weighted by atomic mass is 16.4. The van der Waals surface area contributed by atoms with E-state index >= 15 is 0 Å². The molecule has 4 N–H and O–H groups in total. The van der Waals surface area contributed by atoms with Crippen molar-refractivity contribution in [3.63, 3.8) is 0 Å². The average molecular weight is 278 g/mol. The summed E-state index contributed by atoms with van der Waals surface area (Å²) >= 11 is 0. The second kappa shape index (κ2) is 5.17. The zero-order valence-electron chi connectivity index (χ0n) is 11.2. The number of carbonyl (C=O) groups is 1. The van der Waals surface area contributed by atoms with Crippen LogP contribution < -0.4 is 11.1 Å². The Balaban J connectivity index is 2.04. The van der Waals surface area contributed by atoms with Crippen LogP contribution >= 0.6 is 0 Å². The van der Waals surface area contributed by atoms with Crippen molar-refractivity contribution >= 4 is 33.8 Å². The second-order valence-corrected chi connectivity index (χ2v) is 4.76. The van der Waals surface area contributed by atoms with Crippen LogP contribution in [0.4, 0.5) is 17.1 Å². The first-order valence-electron chi connectivity index (χ1n) is 6.53. The monoisotopic (exact) mass is 278 g/mol. The SMILES string of the molecule is Nc1ccc(Nc2cccc(C(=O)O)c2)c2ccccc12. The molecule has 0 spiro atoms. The average Bonchev–Trinajstić information content (AvgIpc) is 2.51. The zero-order valence-corrected chi connectivity index (χ0v) is 11.2. The Morgan fingerprint density at radius 2 is 1.71 bits per heavy atom. The molecule has 0 saturated heterocycles. The maximum Gasteiger partial charge on any atom is 0.335 e. The van der Waals surface area contributed by atoms with Crippen molar-refractivity contribution in [1.82, 2.24) is 0 Å². The summed E-state index contributed by atoms with van der Waals surface area (Å²) in [6.45, 7) is 0. The van der Waals surface area contributed by atoms with Crippen molar-refractivity contribution in [2.45, 2.75) is 0 Å². The number of rotatable bonds is 3. The van der Waals surface area contributed by atoms with Gasteiger partial charge in [-0.2, -0.15) is 0 Å². The van der Waals surface area contributed by atoms with Crippen molar-refractivity contribution in [2.24, 2.45) is 0 Å². The van der Waals surface area contributed by atoms with Crippen LogP contribution in [-0.2, 0) is 0 Å². The number of nitrogens with two attached hydrogens (primary N) is 1. The molecule has 0 aliphatic heterocycles. The third-order valence-electron chi connectivity index (χ3n) is 3.35. The number of carboxylic acids is 1. The van der Waals surface area contributed by atoms with Crippen LogP contribution in [0.25, 0.3) is 10.8 Å². The highest BCUT2D eigenvalue weighted by molar-refractivity contribution is 6.02. The Hall–Kier alpha value is -3.01. The van der Waals surface area contributed by atoms with Crippen molar-refractivity contribution in [3.8, 4) is 0 Å². The predicted molar refractivity (Wildman–Crippen MR) is 85.0 cm³/mol. The number of hydrogen-bond donors (Lipinski definition) is 3. The van der Waals surface area contributed by atoms with Crippen LogP contribution in [0.15, 0.2) is 60.7 Å². The topological polar surface area (TPSA) is 75.3 Å². The minimum atomic E-state index is -0.944. The molecule has 21 heavy (non-hydrogen) atoms. The third-order valence-corrected chi connectivity index (χ3v) is 3.35. The fourth-order valence-electron chi connectivity index (χ4n) is 2.32. The van der Waals surface area contributed by atoms with Gasteiger partial charge in [0.25, 0.3) is 0 Å². The lowest BCUT2D eigenvalue weighted by Gasteiger charge is -2.12. The third kappa shape index (κ3) is 2.51. The largest absolute Gasteiger partial charge is 0.478 e. The molecular weight excluding hydrogens is 264 g/mol. The minimum absolute atomic E-state index is 0.250. The molecule has 4 heteroatoms. The van der Waals surface area contributed by atoms with Crippen molar-refractivity contribution in [3.05, 3.63) is 66.2 Å². The van der Waals surface area contributed by atoms with E-state index in [-0.39, 0.29) is 5.56 Å². The Bertz CT molecular complexity index is 828. The van der Waals surface area contributed by atoms with Gasteiger partial charge in [0.2, 0.25) is 0 Å². The van der Waals surface area contributed by atoms with E-state index in [1.54, 1.807) is 18.2 Å². The molecule has 0 aliphatic carbocycles. The molecule has 4 nitrogen and oxygen atoms in total. The first-order chi connectivity index (χ1) is 10.1. The summed E-state index contributed by atoms with van der Waals surface area (Å²) in [5.41, 5.74) is 8.56. The molecule has 0 bridgehead atoms. The van der Waals surface area contributed by atoms with E-state index in [9.17, 15) is 4.79 Å². The van der Waals surface area contributed by atoms with Gasteiger partial charge in [-0.1, -0.05) is 30.3 Å². The fourth-order valence-corrected chi connectivity index (χ4v) is 2.32. The van der Waals surface area contributed by atoms with Crippen molar-refractivity contribution in [2.75, 3.05) is 11.1 Å². The Morgan fingerprint density at radius 3 is 2.48 bits per heavy atom. The van der Waals surface area contributed by atoms with E-state index in [4.69, 9.17) is 10.8 Å². The van der Waals surface area contributed by atoms with E-state index in [1.165, 1.54) is 0 Å². The zero-order chi connectivity index (χ0) is 14.8. The van der Waals surface area contributed by atoms with E-state index in [1.807, 2.05) is 42.5 Å². The molecule has 3 aromatic carbocycles. The van der Waals surface area contributed by atoms with Gasteiger partial charge < -0.3 is 16.2 Å². The number of fused-ring (bicyclic) bond motifs is 1. The summed E-state index contributed by atoms with van der Waals surface area (Å²) in [7, 11) is 0. The quantitative estimate of drug-likeness (QED) is 0.636.